The van der Waals surface area contributed by atoms with Crippen molar-refractivity contribution in [1.29, 1.82) is 0 Å². The molecule has 1 rings (SSSR count). The van der Waals surface area contributed by atoms with E-state index in [9.17, 15) is 9.18 Å². The summed E-state index contributed by atoms with van der Waals surface area (Å²) in [7, 11) is 3.35. The van der Waals surface area contributed by atoms with Gasteiger partial charge in [0.2, 0.25) is 0 Å². The van der Waals surface area contributed by atoms with Crippen molar-refractivity contribution in [3.8, 4) is 0 Å². The summed E-state index contributed by atoms with van der Waals surface area (Å²) in [6, 6.07) is 4.83. The number of amides is 1. The van der Waals surface area contributed by atoms with Gasteiger partial charge in [0, 0.05) is 14.1 Å². The van der Waals surface area contributed by atoms with Gasteiger partial charge in [-0.15, -0.1) is 0 Å². The normalized spacial score (nSPS) is 12.6. The van der Waals surface area contributed by atoms with Crippen molar-refractivity contribution in [2.45, 2.75) is 6.04 Å². The van der Waals surface area contributed by atoms with Gasteiger partial charge in [0.05, 0.1) is 0 Å². The number of hydrogen-bond acceptors (Lipinski definition) is 3. The molecule has 0 saturated carbocycles. The van der Waals surface area contributed by atoms with Crippen molar-refractivity contribution in [2.75, 3.05) is 14.1 Å². The van der Waals surface area contributed by atoms with E-state index in [2.05, 4.69) is 5.43 Å². The van der Waals surface area contributed by atoms with Crippen molar-refractivity contribution in [3.63, 3.8) is 0 Å². The second kappa shape index (κ2) is 4.86. The molecule has 1 atom stereocenters. The molecule has 0 spiro atoms. The third kappa shape index (κ3) is 3.30. The summed E-state index contributed by atoms with van der Waals surface area (Å²) in [6.07, 6.45) is 0. The fourth-order valence-corrected chi connectivity index (χ4v) is 1.14. The smallest absolute Gasteiger partial charge is 0.255 e. The van der Waals surface area contributed by atoms with E-state index in [0.29, 0.717) is 5.56 Å². The molecule has 0 aliphatic heterocycles. The van der Waals surface area contributed by atoms with Crippen molar-refractivity contribution in [3.05, 3.63) is 35.6 Å². The highest BCUT2D eigenvalue weighted by Crippen LogP contribution is 2.11. The number of carbonyl (C=O) groups is 1. The number of halogens is 1. The number of rotatable bonds is 3. The first-order valence-electron chi connectivity index (χ1n) is 4.49. The van der Waals surface area contributed by atoms with Gasteiger partial charge in [-0.25, -0.2) is 9.40 Å². The summed E-state index contributed by atoms with van der Waals surface area (Å²) in [6.45, 7) is 0. The zero-order valence-electron chi connectivity index (χ0n) is 8.70. The predicted octanol–water partition coefficient (Wildman–Crippen LogP) is 0.418. The Hall–Kier alpha value is -1.46. The Morgan fingerprint density at radius 2 is 2.20 bits per heavy atom. The topological polar surface area (TPSA) is 58.4 Å². The fourth-order valence-electron chi connectivity index (χ4n) is 1.14. The van der Waals surface area contributed by atoms with Gasteiger partial charge in [-0.1, -0.05) is 12.1 Å². The lowest BCUT2D eigenvalue weighted by Crippen LogP contribution is -2.42. The van der Waals surface area contributed by atoms with E-state index in [0.717, 1.165) is 0 Å². The highest BCUT2D eigenvalue weighted by molar-refractivity contribution is 5.82. The maximum absolute atomic E-state index is 12.9. The number of carbonyl (C=O) groups excluding carboxylic acids is 1. The van der Waals surface area contributed by atoms with Crippen LogP contribution in [0.15, 0.2) is 24.3 Å². The molecule has 5 heteroatoms. The van der Waals surface area contributed by atoms with E-state index < -0.39 is 11.9 Å². The van der Waals surface area contributed by atoms with Crippen LogP contribution in [-0.4, -0.2) is 25.0 Å². The van der Waals surface area contributed by atoms with Crippen LogP contribution in [-0.2, 0) is 4.79 Å². The molecule has 4 nitrogen and oxygen atoms in total. The Morgan fingerprint density at radius 1 is 1.53 bits per heavy atom. The molecule has 0 heterocycles. The molecule has 0 aromatic heterocycles. The molecule has 1 aromatic rings. The lowest BCUT2D eigenvalue weighted by Gasteiger charge is -2.16. The first-order valence-corrected chi connectivity index (χ1v) is 4.49. The third-order valence-electron chi connectivity index (χ3n) is 1.82. The summed E-state index contributed by atoms with van der Waals surface area (Å²) >= 11 is 0. The van der Waals surface area contributed by atoms with E-state index >= 15 is 0 Å². The molecular formula is C10H14FN3O. The average molecular weight is 211 g/mol. The van der Waals surface area contributed by atoms with Crippen molar-refractivity contribution in [1.82, 2.24) is 10.4 Å². The number of nitrogens with one attached hydrogen (secondary N) is 1. The van der Waals surface area contributed by atoms with E-state index in [4.69, 9.17) is 5.73 Å². The molecule has 0 aliphatic rings. The highest BCUT2D eigenvalue weighted by atomic mass is 19.1. The van der Waals surface area contributed by atoms with Crippen molar-refractivity contribution >= 4 is 5.91 Å². The number of benzene rings is 1. The molecule has 15 heavy (non-hydrogen) atoms. The van der Waals surface area contributed by atoms with Crippen LogP contribution in [0.25, 0.3) is 0 Å². The Morgan fingerprint density at radius 3 is 2.73 bits per heavy atom. The monoisotopic (exact) mass is 211 g/mol. The lowest BCUT2D eigenvalue weighted by atomic mass is 10.1. The van der Waals surface area contributed by atoms with E-state index in [1.807, 2.05) is 0 Å². The van der Waals surface area contributed by atoms with Gasteiger partial charge in [0.15, 0.2) is 0 Å². The van der Waals surface area contributed by atoms with Crippen LogP contribution in [0.4, 0.5) is 4.39 Å². The van der Waals surface area contributed by atoms with Crippen molar-refractivity contribution < 1.29 is 9.18 Å². The van der Waals surface area contributed by atoms with Gasteiger partial charge in [0.1, 0.15) is 11.9 Å². The molecule has 3 N–H and O–H groups in total. The summed E-state index contributed by atoms with van der Waals surface area (Å²) in [5.41, 5.74) is 8.61. The molecule has 1 amide bonds. The van der Waals surface area contributed by atoms with Gasteiger partial charge >= 0.3 is 0 Å². The Labute approximate surface area is 87.8 Å². The van der Waals surface area contributed by atoms with Gasteiger partial charge < -0.3 is 5.73 Å². The largest absolute Gasteiger partial charge is 0.316 e. The Balaban J connectivity index is 2.76. The maximum atomic E-state index is 12.9. The minimum Gasteiger partial charge on any atom is -0.316 e. The maximum Gasteiger partial charge on any atom is 0.255 e. The predicted molar refractivity (Wildman–Crippen MR) is 55.2 cm³/mol. The number of nitrogens with two attached hydrogens (primary N) is 1. The average Bonchev–Trinajstić information content (AvgIpc) is 2.15. The molecule has 1 unspecified atom stereocenters. The van der Waals surface area contributed by atoms with E-state index in [1.54, 1.807) is 20.2 Å². The van der Waals surface area contributed by atoms with Crippen LogP contribution >= 0.6 is 0 Å². The lowest BCUT2D eigenvalue weighted by molar-refractivity contribution is -0.126. The quantitative estimate of drug-likeness (QED) is 0.712. The zero-order chi connectivity index (χ0) is 11.4. The molecule has 0 aliphatic carbocycles. The standard InChI is InChI=1S/C10H14FN3O/c1-14(2)13-10(15)9(12)7-4-3-5-8(11)6-7/h3-6,9H,12H2,1-2H3,(H,13,15). The van der Waals surface area contributed by atoms with Crippen LogP contribution in [0.3, 0.4) is 0 Å². The third-order valence-corrected chi connectivity index (χ3v) is 1.82. The molecule has 0 radical (unpaired) electrons. The van der Waals surface area contributed by atoms with Gasteiger partial charge in [-0.05, 0) is 17.7 Å². The van der Waals surface area contributed by atoms with Crippen LogP contribution < -0.4 is 11.2 Å². The summed E-state index contributed by atoms with van der Waals surface area (Å²) in [5.74, 6) is -0.772. The number of hydrazine groups is 1. The summed E-state index contributed by atoms with van der Waals surface area (Å²) < 4.78 is 12.9. The molecule has 0 saturated heterocycles. The molecule has 82 valence electrons. The molecular weight excluding hydrogens is 197 g/mol. The van der Waals surface area contributed by atoms with Gasteiger partial charge in [-0.3, -0.25) is 10.2 Å². The van der Waals surface area contributed by atoms with E-state index in [-0.39, 0.29) is 5.91 Å². The summed E-state index contributed by atoms with van der Waals surface area (Å²) in [5, 5.41) is 1.49. The van der Waals surface area contributed by atoms with Gasteiger partial charge in [-0.2, -0.15) is 0 Å². The second-order valence-electron chi connectivity index (χ2n) is 3.40. The van der Waals surface area contributed by atoms with Crippen LogP contribution in [0.2, 0.25) is 0 Å². The number of nitrogens with zero attached hydrogens (tertiary/aromatic N) is 1. The first kappa shape index (κ1) is 11.6. The van der Waals surface area contributed by atoms with E-state index in [1.165, 1.54) is 23.2 Å². The SMILES string of the molecule is CN(C)NC(=O)C(N)c1cccc(F)c1. The summed E-state index contributed by atoms with van der Waals surface area (Å²) in [4.78, 5) is 11.5. The fraction of sp³-hybridized carbons (Fsp3) is 0.300. The van der Waals surface area contributed by atoms with Gasteiger partial charge in [0.25, 0.3) is 5.91 Å². The first-order chi connectivity index (χ1) is 7.00. The van der Waals surface area contributed by atoms with Crippen molar-refractivity contribution in [2.24, 2.45) is 5.73 Å². The molecule has 0 fully saturated rings. The van der Waals surface area contributed by atoms with Crippen LogP contribution in [0.1, 0.15) is 11.6 Å². The highest BCUT2D eigenvalue weighted by Gasteiger charge is 2.16. The minimum absolute atomic E-state index is 0.370. The molecule has 0 bridgehead atoms. The molecule has 1 aromatic carbocycles. The Bertz CT molecular complexity index is 354. The zero-order valence-corrected chi connectivity index (χ0v) is 8.70. The Kier molecular flexibility index (Phi) is 3.76. The number of hydrogen-bond donors (Lipinski definition) is 2. The van der Waals surface area contributed by atoms with Crippen LogP contribution in [0.5, 0.6) is 0 Å². The minimum atomic E-state index is -0.858. The second-order valence-corrected chi connectivity index (χ2v) is 3.40. The van der Waals surface area contributed by atoms with Crippen LogP contribution in [0, 0.1) is 5.82 Å².